The van der Waals surface area contributed by atoms with Crippen molar-refractivity contribution in [1.82, 2.24) is 15.5 Å². The lowest BCUT2D eigenvalue weighted by Crippen LogP contribution is -2.35. The summed E-state index contributed by atoms with van der Waals surface area (Å²) in [6, 6.07) is 2.30. The van der Waals surface area contributed by atoms with Gasteiger partial charge in [-0.15, -0.1) is 0 Å². The first-order valence-corrected chi connectivity index (χ1v) is 8.62. The summed E-state index contributed by atoms with van der Waals surface area (Å²) in [5, 5.41) is 5.53. The van der Waals surface area contributed by atoms with Crippen molar-refractivity contribution in [2.75, 3.05) is 19.8 Å². The maximum absolute atomic E-state index is 12.3. The number of furan rings is 1. The van der Waals surface area contributed by atoms with Crippen molar-refractivity contribution in [3.05, 3.63) is 24.2 Å². The topological polar surface area (TPSA) is 101 Å². The van der Waals surface area contributed by atoms with Gasteiger partial charge in [-0.05, 0) is 37.3 Å². The minimum Gasteiger partial charge on any atom is -0.467 e. The van der Waals surface area contributed by atoms with Crippen LogP contribution >= 0.6 is 0 Å². The zero-order valence-electron chi connectivity index (χ0n) is 14.0. The van der Waals surface area contributed by atoms with Gasteiger partial charge in [-0.1, -0.05) is 0 Å². The molecule has 0 spiro atoms. The fourth-order valence-electron chi connectivity index (χ4n) is 3.05. The van der Waals surface area contributed by atoms with Crippen LogP contribution in [0.3, 0.4) is 0 Å². The summed E-state index contributed by atoms with van der Waals surface area (Å²) in [6.07, 6.45) is 3.90. The molecule has 3 rings (SSSR count). The Balaban J connectivity index is 1.41. The molecule has 2 saturated heterocycles. The number of amides is 4. The van der Waals surface area contributed by atoms with Crippen LogP contribution in [-0.2, 0) is 20.9 Å². The van der Waals surface area contributed by atoms with Crippen LogP contribution in [0.5, 0.6) is 0 Å². The third-order valence-corrected chi connectivity index (χ3v) is 4.59. The molecule has 1 aromatic heterocycles. The molecule has 2 N–H and O–H groups in total. The molecule has 136 valence electrons. The third kappa shape index (κ3) is 4.60. The van der Waals surface area contributed by atoms with Crippen molar-refractivity contribution in [2.45, 2.75) is 38.3 Å². The second kappa shape index (κ2) is 8.15. The molecule has 2 aliphatic rings. The SMILES string of the molecule is O=C(CC[C@H]1NC(=O)N(Cc2ccco2)C1=O)NCC1CCOCC1. The number of imide groups is 1. The Labute approximate surface area is 145 Å². The Morgan fingerprint density at radius 1 is 1.32 bits per heavy atom. The summed E-state index contributed by atoms with van der Waals surface area (Å²) in [7, 11) is 0. The molecule has 1 atom stereocenters. The summed E-state index contributed by atoms with van der Waals surface area (Å²) < 4.78 is 10.5. The smallest absolute Gasteiger partial charge is 0.325 e. The van der Waals surface area contributed by atoms with E-state index in [0.717, 1.165) is 31.0 Å². The molecule has 8 heteroatoms. The van der Waals surface area contributed by atoms with E-state index in [4.69, 9.17) is 9.15 Å². The van der Waals surface area contributed by atoms with Crippen LogP contribution in [0.4, 0.5) is 4.79 Å². The quantitative estimate of drug-likeness (QED) is 0.716. The fraction of sp³-hybridized carbons (Fsp3) is 0.588. The van der Waals surface area contributed by atoms with Crippen LogP contribution in [0.2, 0.25) is 0 Å². The predicted molar refractivity (Wildman–Crippen MR) is 87.4 cm³/mol. The molecule has 0 aromatic carbocycles. The molecule has 8 nitrogen and oxygen atoms in total. The van der Waals surface area contributed by atoms with Crippen molar-refractivity contribution in [1.29, 1.82) is 0 Å². The van der Waals surface area contributed by atoms with Gasteiger partial charge in [0, 0.05) is 26.2 Å². The Bertz CT molecular complexity index is 610. The average Bonchev–Trinajstić information content (AvgIpc) is 3.23. The maximum Gasteiger partial charge on any atom is 0.325 e. The van der Waals surface area contributed by atoms with E-state index >= 15 is 0 Å². The highest BCUT2D eigenvalue weighted by atomic mass is 16.5. The van der Waals surface area contributed by atoms with Crippen LogP contribution in [0.1, 0.15) is 31.4 Å². The van der Waals surface area contributed by atoms with Gasteiger partial charge in [0.15, 0.2) is 0 Å². The zero-order chi connectivity index (χ0) is 17.6. The number of carbonyl (C=O) groups excluding carboxylic acids is 3. The second-order valence-electron chi connectivity index (χ2n) is 6.40. The van der Waals surface area contributed by atoms with Crippen molar-refractivity contribution >= 4 is 17.8 Å². The molecule has 0 aliphatic carbocycles. The minimum atomic E-state index is -0.656. The number of hydrogen-bond acceptors (Lipinski definition) is 5. The van der Waals surface area contributed by atoms with Crippen LogP contribution in [0.15, 0.2) is 22.8 Å². The highest BCUT2D eigenvalue weighted by molar-refractivity contribution is 6.04. The van der Waals surface area contributed by atoms with Crippen LogP contribution in [0, 0.1) is 5.92 Å². The third-order valence-electron chi connectivity index (χ3n) is 4.59. The van der Waals surface area contributed by atoms with Crippen LogP contribution in [0.25, 0.3) is 0 Å². The van der Waals surface area contributed by atoms with E-state index in [0.29, 0.717) is 24.6 Å². The van der Waals surface area contributed by atoms with Gasteiger partial charge in [-0.2, -0.15) is 0 Å². The molecule has 1 aromatic rings. The fourth-order valence-corrected chi connectivity index (χ4v) is 3.05. The van der Waals surface area contributed by atoms with E-state index in [1.165, 1.54) is 6.26 Å². The molecular formula is C17H23N3O5. The number of ether oxygens (including phenoxy) is 1. The number of rotatable bonds is 7. The molecular weight excluding hydrogens is 326 g/mol. The molecule has 2 fully saturated rings. The van der Waals surface area contributed by atoms with Gasteiger partial charge in [0.1, 0.15) is 11.8 Å². The number of urea groups is 1. The largest absolute Gasteiger partial charge is 0.467 e. The molecule has 2 aliphatic heterocycles. The van der Waals surface area contributed by atoms with E-state index in [9.17, 15) is 14.4 Å². The summed E-state index contributed by atoms with van der Waals surface area (Å²) >= 11 is 0. The van der Waals surface area contributed by atoms with E-state index in [1.807, 2.05) is 0 Å². The summed E-state index contributed by atoms with van der Waals surface area (Å²) in [5.41, 5.74) is 0. The lowest BCUT2D eigenvalue weighted by molar-refractivity contribution is -0.128. The number of carbonyl (C=O) groups is 3. The van der Waals surface area contributed by atoms with Gasteiger partial charge in [0.05, 0.1) is 12.8 Å². The van der Waals surface area contributed by atoms with Gasteiger partial charge in [0.2, 0.25) is 5.91 Å². The van der Waals surface area contributed by atoms with E-state index in [-0.39, 0.29) is 24.8 Å². The Morgan fingerprint density at radius 3 is 2.84 bits per heavy atom. The first kappa shape index (κ1) is 17.5. The maximum atomic E-state index is 12.3. The monoisotopic (exact) mass is 349 g/mol. The molecule has 3 heterocycles. The lowest BCUT2D eigenvalue weighted by Gasteiger charge is -2.22. The lowest BCUT2D eigenvalue weighted by atomic mass is 10.0. The molecule has 0 radical (unpaired) electrons. The number of nitrogens with zero attached hydrogens (tertiary/aromatic N) is 1. The normalized spacial score (nSPS) is 21.4. The predicted octanol–water partition coefficient (Wildman–Crippen LogP) is 1.02. The van der Waals surface area contributed by atoms with E-state index in [1.54, 1.807) is 12.1 Å². The second-order valence-corrected chi connectivity index (χ2v) is 6.40. The highest BCUT2D eigenvalue weighted by Crippen LogP contribution is 2.16. The Kier molecular flexibility index (Phi) is 5.70. The van der Waals surface area contributed by atoms with Crippen LogP contribution in [-0.4, -0.2) is 48.5 Å². The standard InChI is InChI=1S/C17H23N3O5/c21-15(18-10-12-5-8-24-9-6-12)4-3-14-16(22)20(17(23)19-14)11-13-2-1-7-25-13/h1-2,7,12,14H,3-6,8-11H2,(H,18,21)(H,19,23)/t14-/m1/s1. The van der Waals surface area contributed by atoms with Crippen molar-refractivity contribution in [2.24, 2.45) is 5.92 Å². The molecule has 4 amide bonds. The zero-order valence-corrected chi connectivity index (χ0v) is 14.0. The Morgan fingerprint density at radius 2 is 2.12 bits per heavy atom. The summed E-state index contributed by atoms with van der Waals surface area (Å²) in [4.78, 5) is 37.3. The van der Waals surface area contributed by atoms with Gasteiger partial charge in [-0.3, -0.25) is 14.5 Å². The van der Waals surface area contributed by atoms with Gasteiger partial charge >= 0.3 is 6.03 Å². The first-order chi connectivity index (χ1) is 12.1. The number of hydrogen-bond donors (Lipinski definition) is 2. The van der Waals surface area contributed by atoms with E-state index in [2.05, 4.69) is 10.6 Å². The van der Waals surface area contributed by atoms with Crippen molar-refractivity contribution in [3.63, 3.8) is 0 Å². The average molecular weight is 349 g/mol. The van der Waals surface area contributed by atoms with Crippen molar-refractivity contribution in [3.8, 4) is 0 Å². The minimum absolute atomic E-state index is 0.0991. The highest BCUT2D eigenvalue weighted by Gasteiger charge is 2.38. The van der Waals surface area contributed by atoms with E-state index < -0.39 is 12.1 Å². The molecule has 0 unspecified atom stereocenters. The molecule has 0 saturated carbocycles. The summed E-state index contributed by atoms with van der Waals surface area (Å²) in [5.74, 6) is 0.573. The number of nitrogens with one attached hydrogen (secondary N) is 2. The summed E-state index contributed by atoms with van der Waals surface area (Å²) in [6.45, 7) is 2.23. The van der Waals surface area contributed by atoms with Gasteiger partial charge in [-0.25, -0.2) is 4.79 Å². The Hall–Kier alpha value is -2.35. The first-order valence-electron chi connectivity index (χ1n) is 8.62. The van der Waals surface area contributed by atoms with Crippen molar-refractivity contribution < 1.29 is 23.5 Å². The van der Waals surface area contributed by atoms with Crippen LogP contribution < -0.4 is 10.6 Å². The van der Waals surface area contributed by atoms with Gasteiger partial charge in [0.25, 0.3) is 5.91 Å². The molecule has 0 bridgehead atoms. The molecule has 25 heavy (non-hydrogen) atoms. The van der Waals surface area contributed by atoms with Gasteiger partial charge < -0.3 is 19.8 Å².